The van der Waals surface area contributed by atoms with Crippen LogP contribution in [0.1, 0.15) is 84.5 Å². The van der Waals surface area contributed by atoms with Crippen molar-refractivity contribution < 1.29 is 47.3 Å². The highest BCUT2D eigenvalue weighted by Gasteiger charge is 2.42. The van der Waals surface area contributed by atoms with Gasteiger partial charge < -0.3 is 28.6 Å². The van der Waals surface area contributed by atoms with Crippen LogP contribution in [0.15, 0.2) is 60.7 Å². The summed E-state index contributed by atoms with van der Waals surface area (Å²) in [5, 5.41) is 0. The second-order valence-corrected chi connectivity index (χ2v) is 14.4. The molecule has 1 fully saturated rings. The van der Waals surface area contributed by atoms with Crippen LogP contribution in [0, 0.1) is 23.1 Å². The Morgan fingerprint density at radius 1 is 1.00 bits per heavy atom. The monoisotopic (exact) mass is 723 g/mol. The van der Waals surface area contributed by atoms with Crippen LogP contribution < -0.4 is 14.2 Å². The van der Waals surface area contributed by atoms with Crippen molar-refractivity contribution in [2.24, 2.45) is 17.3 Å². The van der Waals surface area contributed by atoms with Crippen LogP contribution in [0.5, 0.6) is 17.2 Å². The Bertz CT molecular complexity index is 1610. The van der Waals surface area contributed by atoms with E-state index in [0.29, 0.717) is 36.3 Å². The van der Waals surface area contributed by atoms with Crippen molar-refractivity contribution >= 4 is 23.6 Å². The quantitative estimate of drug-likeness (QED) is 0.0672. The van der Waals surface area contributed by atoms with Gasteiger partial charge >= 0.3 is 11.9 Å². The third-order valence-corrected chi connectivity index (χ3v) is 8.94. The summed E-state index contributed by atoms with van der Waals surface area (Å²) in [6.07, 6.45) is 4.21. The molecule has 284 valence electrons. The van der Waals surface area contributed by atoms with Crippen molar-refractivity contribution in [3.05, 3.63) is 77.6 Å². The molecule has 0 N–H and O–H groups in total. The molecule has 0 aliphatic carbocycles. The largest absolute Gasteiger partial charge is 0.493 e. The van der Waals surface area contributed by atoms with Gasteiger partial charge in [-0.1, -0.05) is 46.4 Å². The molecular formula is C41H54FNO9. The fourth-order valence-corrected chi connectivity index (χ4v) is 5.52. The lowest BCUT2D eigenvalue weighted by atomic mass is 9.87. The van der Waals surface area contributed by atoms with E-state index in [0.717, 1.165) is 11.1 Å². The standard InChI is InChI=1S/C41H54FNO9/c1-26(2)13-18-37(44)51-25-41(6,7)38(45)39(46)43-19-11-10-12-33(43)40(47)52-34(16-14-29-15-17-35(48-8)36(20-29)49-9)30-21-31(42)23-32(22-30)50-24-28(5)27(3)4/h13,15,17-18,20-23,26-27,33-34H,5,10-12,14,16,19,24-25H2,1-4,6-9H3/b18-13-/t33-,34+/m0/s1. The molecule has 0 spiro atoms. The van der Waals surface area contributed by atoms with E-state index in [-0.39, 0.29) is 50.2 Å². The molecule has 0 unspecified atom stereocenters. The van der Waals surface area contributed by atoms with E-state index < -0.39 is 47.0 Å². The number of amides is 1. The predicted octanol–water partition coefficient (Wildman–Crippen LogP) is 7.38. The van der Waals surface area contributed by atoms with Gasteiger partial charge in [0.15, 0.2) is 11.5 Å². The Morgan fingerprint density at radius 3 is 2.37 bits per heavy atom. The molecule has 1 heterocycles. The lowest BCUT2D eigenvalue weighted by molar-refractivity contribution is -0.165. The number of ketones is 1. The summed E-state index contributed by atoms with van der Waals surface area (Å²) in [5.74, 6) is -1.88. The molecule has 2 atom stereocenters. The molecule has 1 amide bonds. The minimum Gasteiger partial charge on any atom is -0.493 e. The normalized spacial score (nSPS) is 15.4. The number of esters is 2. The van der Waals surface area contributed by atoms with Crippen molar-refractivity contribution in [2.45, 2.75) is 85.8 Å². The summed E-state index contributed by atoms with van der Waals surface area (Å²) in [6.45, 7) is 14.9. The Balaban J connectivity index is 1.87. The van der Waals surface area contributed by atoms with Crippen molar-refractivity contribution in [3.8, 4) is 17.2 Å². The molecule has 52 heavy (non-hydrogen) atoms. The summed E-state index contributed by atoms with van der Waals surface area (Å²) < 4.78 is 43.2. The number of halogens is 1. The van der Waals surface area contributed by atoms with E-state index in [1.165, 1.54) is 44.1 Å². The molecule has 2 aromatic rings. The number of rotatable bonds is 18. The second-order valence-electron chi connectivity index (χ2n) is 14.4. The van der Waals surface area contributed by atoms with Crippen molar-refractivity contribution in [1.29, 1.82) is 0 Å². The van der Waals surface area contributed by atoms with Crippen LogP contribution in [-0.2, 0) is 35.1 Å². The number of ether oxygens (including phenoxy) is 5. The van der Waals surface area contributed by atoms with Gasteiger partial charge in [-0.2, -0.15) is 0 Å². The molecular weight excluding hydrogens is 669 g/mol. The van der Waals surface area contributed by atoms with Crippen LogP contribution in [-0.4, -0.2) is 68.5 Å². The third-order valence-electron chi connectivity index (χ3n) is 8.94. The van der Waals surface area contributed by atoms with Gasteiger partial charge in [-0.05, 0) is 98.8 Å². The highest BCUT2D eigenvalue weighted by molar-refractivity contribution is 6.38. The van der Waals surface area contributed by atoms with Gasteiger partial charge in [-0.3, -0.25) is 9.59 Å². The molecule has 0 saturated carbocycles. The number of aryl methyl sites for hydroxylation is 1. The number of carbonyl (C=O) groups excluding carboxylic acids is 4. The Morgan fingerprint density at radius 2 is 1.71 bits per heavy atom. The fraction of sp³-hybridized carbons (Fsp3) is 0.512. The van der Waals surface area contributed by atoms with E-state index in [1.54, 1.807) is 25.3 Å². The van der Waals surface area contributed by atoms with Gasteiger partial charge in [0.1, 0.15) is 36.9 Å². The number of likely N-dealkylation sites (tertiary alicyclic amines) is 1. The number of piperidine rings is 1. The van der Waals surface area contributed by atoms with E-state index >= 15 is 4.39 Å². The summed E-state index contributed by atoms with van der Waals surface area (Å²) >= 11 is 0. The van der Waals surface area contributed by atoms with Gasteiger partial charge in [0.2, 0.25) is 5.78 Å². The minimum absolute atomic E-state index is 0.136. The van der Waals surface area contributed by atoms with Gasteiger partial charge in [-0.25, -0.2) is 14.0 Å². The number of Topliss-reactive ketones (excluding diaryl/α,β-unsaturated/α-hetero) is 1. The van der Waals surface area contributed by atoms with E-state index in [9.17, 15) is 19.2 Å². The van der Waals surface area contributed by atoms with E-state index in [4.69, 9.17) is 23.7 Å². The van der Waals surface area contributed by atoms with Crippen molar-refractivity contribution in [1.82, 2.24) is 4.90 Å². The Labute approximate surface area is 307 Å². The average molecular weight is 724 g/mol. The first-order valence-electron chi connectivity index (χ1n) is 17.8. The molecule has 1 aliphatic rings. The van der Waals surface area contributed by atoms with E-state index in [2.05, 4.69) is 6.58 Å². The van der Waals surface area contributed by atoms with E-state index in [1.807, 2.05) is 39.8 Å². The molecule has 0 radical (unpaired) electrons. The molecule has 0 bridgehead atoms. The number of hydrogen-bond acceptors (Lipinski definition) is 9. The van der Waals surface area contributed by atoms with Crippen LogP contribution in [0.3, 0.4) is 0 Å². The maximum Gasteiger partial charge on any atom is 0.330 e. The van der Waals surface area contributed by atoms with Crippen molar-refractivity contribution in [3.63, 3.8) is 0 Å². The Kier molecular flexibility index (Phi) is 15.5. The zero-order valence-electron chi connectivity index (χ0n) is 31.8. The van der Waals surface area contributed by atoms with Crippen LogP contribution in [0.2, 0.25) is 0 Å². The predicted molar refractivity (Wildman–Crippen MR) is 196 cm³/mol. The van der Waals surface area contributed by atoms with Crippen molar-refractivity contribution in [2.75, 3.05) is 34.0 Å². The zero-order chi connectivity index (χ0) is 38.6. The van der Waals surface area contributed by atoms with Gasteiger partial charge in [0.05, 0.1) is 19.6 Å². The maximum absolute atomic E-state index is 15.1. The topological polar surface area (TPSA) is 118 Å². The maximum atomic E-state index is 15.1. The minimum atomic E-state index is -1.34. The molecule has 0 aromatic heterocycles. The Hall–Kier alpha value is -4.67. The first-order chi connectivity index (χ1) is 24.6. The van der Waals surface area contributed by atoms with Crippen LogP contribution >= 0.6 is 0 Å². The second kappa shape index (κ2) is 19.2. The molecule has 1 saturated heterocycles. The molecule has 3 rings (SSSR count). The SMILES string of the molecule is C=C(COc1cc(F)cc([C@@H](CCc2ccc(OC)c(OC)c2)OC(=O)[C@@H]2CCCCN2C(=O)C(=O)C(C)(C)COC(=O)/C=C\C(C)C)c1)C(C)C. The first kappa shape index (κ1) is 41.7. The zero-order valence-corrected chi connectivity index (χ0v) is 31.8. The highest BCUT2D eigenvalue weighted by Crippen LogP contribution is 2.33. The summed E-state index contributed by atoms with van der Waals surface area (Å²) in [7, 11) is 3.08. The van der Waals surface area contributed by atoms with Gasteiger partial charge in [-0.15, -0.1) is 0 Å². The number of hydrogen-bond donors (Lipinski definition) is 0. The van der Waals surface area contributed by atoms with Gasteiger partial charge in [0, 0.05) is 18.7 Å². The number of benzene rings is 2. The fourth-order valence-electron chi connectivity index (χ4n) is 5.52. The number of allylic oxidation sites excluding steroid dienone is 1. The lowest BCUT2D eigenvalue weighted by Gasteiger charge is -2.36. The lowest BCUT2D eigenvalue weighted by Crippen LogP contribution is -2.53. The summed E-state index contributed by atoms with van der Waals surface area (Å²) in [4.78, 5) is 54.6. The molecule has 2 aromatic carbocycles. The molecule has 11 heteroatoms. The molecule has 1 aliphatic heterocycles. The number of carbonyl (C=O) groups is 4. The summed E-state index contributed by atoms with van der Waals surface area (Å²) in [6, 6.07) is 8.61. The highest BCUT2D eigenvalue weighted by atomic mass is 19.1. The summed E-state index contributed by atoms with van der Waals surface area (Å²) in [5.41, 5.74) is 0.731. The third kappa shape index (κ3) is 12.0. The first-order valence-corrected chi connectivity index (χ1v) is 17.8. The smallest absolute Gasteiger partial charge is 0.330 e. The van der Waals surface area contributed by atoms with Crippen LogP contribution in [0.4, 0.5) is 4.39 Å². The van der Waals surface area contributed by atoms with Crippen LogP contribution in [0.25, 0.3) is 0 Å². The van der Waals surface area contributed by atoms with Gasteiger partial charge in [0.25, 0.3) is 5.91 Å². The molecule has 10 nitrogen and oxygen atoms in total. The number of methoxy groups -OCH3 is 2. The number of nitrogens with zero attached hydrogens (tertiary/aromatic N) is 1. The average Bonchev–Trinajstić information content (AvgIpc) is 3.12.